The fourth-order valence-corrected chi connectivity index (χ4v) is 1.97. The molecular weight excluding hydrogens is 266 g/mol. The Morgan fingerprint density at radius 2 is 1.52 bits per heavy atom. The van der Waals surface area contributed by atoms with Crippen LogP contribution in [0.3, 0.4) is 0 Å². The molecule has 0 aliphatic carbocycles. The average Bonchev–Trinajstić information content (AvgIpc) is 2.44. The maximum atomic E-state index is 12.0. The maximum Gasteiger partial charge on any atom is 0.323 e. The summed E-state index contributed by atoms with van der Waals surface area (Å²) in [5, 5.41) is 5.40. The Bertz CT molecular complexity index is 696. The van der Waals surface area contributed by atoms with Crippen molar-refractivity contribution in [3.05, 3.63) is 59.2 Å². The number of para-hydroxylation sites is 1. The van der Waals surface area contributed by atoms with Crippen molar-refractivity contribution in [2.24, 2.45) is 5.73 Å². The molecule has 2 aromatic carbocycles. The zero-order chi connectivity index (χ0) is 15.4. The normalized spacial score (nSPS) is 10.0. The van der Waals surface area contributed by atoms with Crippen molar-refractivity contribution in [1.29, 1.82) is 0 Å². The summed E-state index contributed by atoms with van der Waals surface area (Å²) in [7, 11) is 0. The number of aryl methyl sites for hydroxylation is 1. The van der Waals surface area contributed by atoms with E-state index < -0.39 is 11.9 Å². The molecule has 0 atom stereocenters. The van der Waals surface area contributed by atoms with Crippen LogP contribution in [0, 0.1) is 13.8 Å². The smallest absolute Gasteiger partial charge is 0.323 e. The molecule has 0 aliphatic heterocycles. The third-order valence-corrected chi connectivity index (χ3v) is 3.29. The largest absolute Gasteiger partial charge is 0.366 e. The van der Waals surface area contributed by atoms with Crippen molar-refractivity contribution < 1.29 is 9.59 Å². The number of urea groups is 1. The maximum absolute atomic E-state index is 12.0. The minimum Gasteiger partial charge on any atom is -0.366 e. The highest BCUT2D eigenvalue weighted by atomic mass is 16.2. The van der Waals surface area contributed by atoms with E-state index in [1.165, 1.54) is 0 Å². The average molecular weight is 283 g/mol. The summed E-state index contributed by atoms with van der Waals surface area (Å²) in [6, 6.07) is 11.8. The summed E-state index contributed by atoms with van der Waals surface area (Å²) in [6.45, 7) is 3.91. The van der Waals surface area contributed by atoms with Gasteiger partial charge in [-0.15, -0.1) is 0 Å². The van der Waals surface area contributed by atoms with E-state index in [0.29, 0.717) is 5.69 Å². The Labute approximate surface area is 123 Å². The van der Waals surface area contributed by atoms with E-state index in [2.05, 4.69) is 10.6 Å². The number of carbonyl (C=O) groups excluding carboxylic acids is 2. The second-order valence-electron chi connectivity index (χ2n) is 4.74. The Morgan fingerprint density at radius 1 is 0.905 bits per heavy atom. The number of carbonyl (C=O) groups is 2. The van der Waals surface area contributed by atoms with Crippen molar-refractivity contribution in [1.82, 2.24) is 0 Å². The zero-order valence-electron chi connectivity index (χ0n) is 11.9. The number of primary amides is 1. The minimum atomic E-state index is -0.586. The van der Waals surface area contributed by atoms with Crippen LogP contribution >= 0.6 is 0 Å². The molecule has 5 heteroatoms. The molecule has 4 N–H and O–H groups in total. The number of hydrogen-bond acceptors (Lipinski definition) is 2. The molecule has 0 saturated heterocycles. The van der Waals surface area contributed by atoms with Gasteiger partial charge < -0.3 is 16.4 Å². The van der Waals surface area contributed by atoms with Gasteiger partial charge in [-0.1, -0.05) is 24.3 Å². The Kier molecular flexibility index (Phi) is 4.23. The van der Waals surface area contributed by atoms with Crippen molar-refractivity contribution in [3.8, 4) is 0 Å². The minimum absolute atomic E-state index is 0.272. The quantitative estimate of drug-likeness (QED) is 0.808. The summed E-state index contributed by atoms with van der Waals surface area (Å²) in [6.07, 6.45) is 0. The van der Waals surface area contributed by atoms with E-state index in [4.69, 9.17) is 5.73 Å². The van der Waals surface area contributed by atoms with Gasteiger partial charge in [0.05, 0.1) is 11.3 Å². The molecule has 108 valence electrons. The van der Waals surface area contributed by atoms with Gasteiger partial charge in [0, 0.05) is 5.69 Å². The molecular formula is C16H17N3O2. The second-order valence-corrected chi connectivity index (χ2v) is 4.74. The van der Waals surface area contributed by atoms with E-state index in [-0.39, 0.29) is 5.56 Å². The van der Waals surface area contributed by atoms with Crippen LogP contribution in [-0.4, -0.2) is 11.9 Å². The van der Waals surface area contributed by atoms with Gasteiger partial charge in [0.25, 0.3) is 5.91 Å². The molecule has 0 aliphatic rings. The lowest BCUT2D eigenvalue weighted by Crippen LogP contribution is -2.22. The molecule has 0 spiro atoms. The summed E-state index contributed by atoms with van der Waals surface area (Å²) in [4.78, 5) is 23.4. The standard InChI is InChI=1S/C16H17N3O2/c1-10-6-5-9-13(11(10)2)18-16(21)19-14-8-4-3-7-12(14)15(17)20/h3-9H,1-2H3,(H2,17,20)(H2,18,19,21). The second kappa shape index (κ2) is 6.09. The van der Waals surface area contributed by atoms with Gasteiger partial charge in [-0.05, 0) is 43.2 Å². The lowest BCUT2D eigenvalue weighted by Gasteiger charge is -2.12. The molecule has 0 radical (unpaired) electrons. The van der Waals surface area contributed by atoms with Crippen LogP contribution in [0.5, 0.6) is 0 Å². The predicted molar refractivity (Wildman–Crippen MR) is 83.5 cm³/mol. The molecule has 0 saturated carbocycles. The van der Waals surface area contributed by atoms with Gasteiger partial charge >= 0.3 is 6.03 Å². The topological polar surface area (TPSA) is 84.2 Å². The lowest BCUT2D eigenvalue weighted by molar-refractivity contribution is 0.100. The monoisotopic (exact) mass is 283 g/mol. The summed E-state index contributed by atoms with van der Waals surface area (Å²) >= 11 is 0. The molecule has 0 fully saturated rings. The van der Waals surface area contributed by atoms with Gasteiger partial charge in [-0.25, -0.2) is 4.79 Å². The number of benzene rings is 2. The molecule has 21 heavy (non-hydrogen) atoms. The van der Waals surface area contributed by atoms with E-state index in [0.717, 1.165) is 16.8 Å². The highest BCUT2D eigenvalue weighted by Gasteiger charge is 2.11. The number of hydrogen-bond donors (Lipinski definition) is 3. The van der Waals surface area contributed by atoms with E-state index >= 15 is 0 Å². The van der Waals surface area contributed by atoms with Gasteiger partial charge in [-0.2, -0.15) is 0 Å². The van der Waals surface area contributed by atoms with E-state index in [1.54, 1.807) is 24.3 Å². The zero-order valence-corrected chi connectivity index (χ0v) is 11.9. The van der Waals surface area contributed by atoms with Gasteiger partial charge in [-0.3, -0.25) is 4.79 Å². The number of nitrogens with one attached hydrogen (secondary N) is 2. The first-order valence-electron chi connectivity index (χ1n) is 6.52. The molecule has 3 amide bonds. The first-order chi connectivity index (χ1) is 9.99. The Balaban J connectivity index is 2.16. The van der Waals surface area contributed by atoms with Gasteiger partial charge in [0.15, 0.2) is 0 Å². The highest BCUT2D eigenvalue weighted by Crippen LogP contribution is 2.19. The molecule has 0 aromatic heterocycles. The van der Waals surface area contributed by atoms with Gasteiger partial charge in [0.2, 0.25) is 0 Å². The first kappa shape index (κ1) is 14.6. The molecule has 0 heterocycles. The fraction of sp³-hybridized carbons (Fsp3) is 0.125. The number of amides is 3. The lowest BCUT2D eigenvalue weighted by atomic mass is 10.1. The van der Waals surface area contributed by atoms with Crippen LogP contribution in [0.1, 0.15) is 21.5 Å². The van der Waals surface area contributed by atoms with Gasteiger partial charge in [0.1, 0.15) is 0 Å². The van der Waals surface area contributed by atoms with Crippen LogP contribution in [0.4, 0.5) is 16.2 Å². The molecule has 0 unspecified atom stereocenters. The first-order valence-corrected chi connectivity index (χ1v) is 6.52. The predicted octanol–water partition coefficient (Wildman–Crippen LogP) is 3.05. The van der Waals surface area contributed by atoms with Crippen LogP contribution in [0.2, 0.25) is 0 Å². The fourth-order valence-electron chi connectivity index (χ4n) is 1.97. The molecule has 5 nitrogen and oxygen atoms in total. The number of rotatable bonds is 3. The highest BCUT2D eigenvalue weighted by molar-refractivity contribution is 6.06. The SMILES string of the molecule is Cc1cccc(NC(=O)Nc2ccccc2C(N)=O)c1C. The Morgan fingerprint density at radius 3 is 2.24 bits per heavy atom. The van der Waals surface area contributed by atoms with Crippen LogP contribution < -0.4 is 16.4 Å². The molecule has 2 aromatic rings. The summed E-state index contributed by atoms with van der Waals surface area (Å²) < 4.78 is 0. The Hall–Kier alpha value is -2.82. The number of anilines is 2. The summed E-state index contributed by atoms with van der Waals surface area (Å²) in [5.74, 6) is -0.586. The van der Waals surface area contributed by atoms with Crippen LogP contribution in [-0.2, 0) is 0 Å². The van der Waals surface area contributed by atoms with Crippen LogP contribution in [0.15, 0.2) is 42.5 Å². The summed E-state index contributed by atoms with van der Waals surface area (Å²) in [5.41, 5.74) is 8.74. The van der Waals surface area contributed by atoms with Crippen molar-refractivity contribution in [2.75, 3.05) is 10.6 Å². The third kappa shape index (κ3) is 3.39. The van der Waals surface area contributed by atoms with Crippen LogP contribution in [0.25, 0.3) is 0 Å². The third-order valence-electron chi connectivity index (χ3n) is 3.29. The molecule has 2 rings (SSSR count). The van der Waals surface area contributed by atoms with Crippen molar-refractivity contribution in [2.45, 2.75) is 13.8 Å². The van der Waals surface area contributed by atoms with E-state index in [1.807, 2.05) is 32.0 Å². The van der Waals surface area contributed by atoms with Crippen molar-refractivity contribution in [3.63, 3.8) is 0 Å². The van der Waals surface area contributed by atoms with Crippen molar-refractivity contribution >= 4 is 23.3 Å². The molecule has 0 bridgehead atoms. The number of nitrogens with two attached hydrogens (primary N) is 1. The van der Waals surface area contributed by atoms with E-state index in [9.17, 15) is 9.59 Å².